The number of nitrogens with zero attached hydrogens (tertiary/aromatic N) is 1. The van der Waals surface area contributed by atoms with Crippen molar-refractivity contribution in [1.29, 1.82) is 0 Å². The van der Waals surface area contributed by atoms with Crippen LogP contribution in [0.1, 0.15) is 0 Å². The largest absolute Gasteiger partial charge is 0.289 e. The molecule has 0 aromatic rings. The summed E-state index contributed by atoms with van der Waals surface area (Å²) in [5.41, 5.74) is 0. The van der Waals surface area contributed by atoms with Gasteiger partial charge in [0, 0.05) is 4.48 Å². The fourth-order valence-corrected chi connectivity index (χ4v) is 1.68. The highest BCUT2D eigenvalue weighted by Crippen LogP contribution is 2.20. The molecule has 1 heterocycles. The maximum atomic E-state index is 10.9. The lowest BCUT2D eigenvalue weighted by molar-refractivity contribution is -0.124. The maximum Gasteiger partial charge on any atom is 0.289 e. The highest BCUT2D eigenvalue weighted by atomic mass is 79.9. The first-order valence-corrected chi connectivity index (χ1v) is 4.69. The van der Waals surface area contributed by atoms with Gasteiger partial charge in [-0.3, -0.25) is 14.5 Å². The van der Waals surface area contributed by atoms with E-state index in [2.05, 4.69) is 22.5 Å². The molecule has 0 unspecified atom stereocenters. The lowest BCUT2D eigenvalue weighted by Gasteiger charge is -2.10. The van der Waals surface area contributed by atoms with Gasteiger partial charge in [0.25, 0.3) is 5.24 Å². The number of rotatable bonds is 2. The first kappa shape index (κ1) is 8.80. The average Bonchev–Trinajstić information content (AvgIpc) is 2.18. The summed E-state index contributed by atoms with van der Waals surface area (Å²) < 4.78 is 0.640. The van der Waals surface area contributed by atoms with Crippen LogP contribution in [0, 0.1) is 0 Å². The molecule has 0 N–H and O–H groups in total. The van der Waals surface area contributed by atoms with E-state index in [0.717, 1.165) is 11.8 Å². The Morgan fingerprint density at radius 1 is 1.73 bits per heavy atom. The molecule has 0 aliphatic carbocycles. The van der Waals surface area contributed by atoms with Gasteiger partial charge >= 0.3 is 0 Å². The van der Waals surface area contributed by atoms with Crippen LogP contribution < -0.4 is 0 Å². The summed E-state index contributed by atoms with van der Waals surface area (Å²) in [6.07, 6.45) is 0. The molecule has 0 aromatic carbocycles. The highest BCUT2D eigenvalue weighted by molar-refractivity contribution is 9.11. The van der Waals surface area contributed by atoms with Crippen LogP contribution in [0.5, 0.6) is 0 Å². The van der Waals surface area contributed by atoms with Crippen molar-refractivity contribution in [2.45, 2.75) is 0 Å². The molecule has 3 nitrogen and oxygen atoms in total. The van der Waals surface area contributed by atoms with Crippen molar-refractivity contribution in [2.75, 3.05) is 12.3 Å². The topological polar surface area (TPSA) is 37.4 Å². The van der Waals surface area contributed by atoms with Crippen LogP contribution in [0.15, 0.2) is 11.1 Å². The minimum absolute atomic E-state index is 0.138. The summed E-state index contributed by atoms with van der Waals surface area (Å²) in [6.45, 7) is 3.83. The molecule has 5 heteroatoms. The van der Waals surface area contributed by atoms with Gasteiger partial charge in [0.1, 0.15) is 0 Å². The number of halogens is 1. The van der Waals surface area contributed by atoms with E-state index in [9.17, 15) is 9.59 Å². The van der Waals surface area contributed by atoms with E-state index < -0.39 is 0 Å². The SMILES string of the molecule is C=C(Br)CN1C(=O)CSC1=O. The number of amides is 2. The zero-order valence-electron chi connectivity index (χ0n) is 5.67. The van der Waals surface area contributed by atoms with Crippen molar-refractivity contribution in [3.05, 3.63) is 11.1 Å². The van der Waals surface area contributed by atoms with E-state index in [1.54, 1.807) is 0 Å². The van der Waals surface area contributed by atoms with Gasteiger partial charge in [-0.2, -0.15) is 0 Å². The molecular weight excluding hydrogens is 230 g/mol. The van der Waals surface area contributed by atoms with Gasteiger partial charge in [-0.15, -0.1) is 0 Å². The van der Waals surface area contributed by atoms with Crippen molar-refractivity contribution < 1.29 is 9.59 Å². The summed E-state index contributed by atoms with van der Waals surface area (Å²) in [6, 6.07) is 0. The Morgan fingerprint density at radius 2 is 2.36 bits per heavy atom. The van der Waals surface area contributed by atoms with Crippen molar-refractivity contribution in [3.63, 3.8) is 0 Å². The van der Waals surface area contributed by atoms with Crippen LogP contribution in [-0.2, 0) is 4.79 Å². The van der Waals surface area contributed by atoms with Gasteiger partial charge in [-0.05, 0) is 0 Å². The summed E-state index contributed by atoms with van der Waals surface area (Å²) in [7, 11) is 0. The first-order chi connectivity index (χ1) is 5.11. The second kappa shape index (κ2) is 3.40. The van der Waals surface area contributed by atoms with Gasteiger partial charge in [0.15, 0.2) is 0 Å². The third-order valence-electron chi connectivity index (χ3n) is 1.17. The molecule has 60 valence electrons. The standard InChI is InChI=1S/C6H6BrNO2S/c1-4(7)2-8-5(9)3-11-6(8)10/h1-3H2. The van der Waals surface area contributed by atoms with Crippen LogP contribution in [0.3, 0.4) is 0 Å². The third-order valence-corrected chi connectivity index (χ3v) is 2.28. The van der Waals surface area contributed by atoms with Crippen molar-refractivity contribution in [1.82, 2.24) is 4.90 Å². The minimum Gasteiger partial charge on any atom is -0.273 e. The zero-order chi connectivity index (χ0) is 8.43. The van der Waals surface area contributed by atoms with Gasteiger partial charge in [0.05, 0.1) is 12.3 Å². The number of carbonyl (C=O) groups is 2. The first-order valence-electron chi connectivity index (χ1n) is 2.91. The number of imide groups is 1. The molecule has 11 heavy (non-hydrogen) atoms. The molecule has 0 aromatic heterocycles. The second-order valence-corrected chi connectivity index (χ2v) is 4.10. The van der Waals surface area contributed by atoms with Crippen molar-refractivity contribution in [2.24, 2.45) is 0 Å². The summed E-state index contributed by atoms with van der Waals surface area (Å²) in [5.74, 6) is 0.125. The van der Waals surface area contributed by atoms with E-state index in [4.69, 9.17) is 0 Å². The fourth-order valence-electron chi connectivity index (χ4n) is 0.705. The van der Waals surface area contributed by atoms with Crippen LogP contribution in [0.4, 0.5) is 4.79 Å². The molecule has 2 amide bonds. The monoisotopic (exact) mass is 235 g/mol. The number of thioether (sulfide) groups is 1. The molecule has 1 aliphatic heterocycles. The average molecular weight is 236 g/mol. The Morgan fingerprint density at radius 3 is 2.73 bits per heavy atom. The quantitative estimate of drug-likeness (QED) is 0.730. The molecule has 0 atom stereocenters. The Labute approximate surface area is 76.9 Å². The third kappa shape index (κ3) is 2.07. The van der Waals surface area contributed by atoms with Crippen molar-refractivity contribution in [3.8, 4) is 0 Å². The molecule has 1 rings (SSSR count). The molecule has 1 aliphatic rings. The fraction of sp³-hybridized carbons (Fsp3) is 0.333. The van der Waals surface area contributed by atoms with E-state index >= 15 is 0 Å². The number of hydrogen-bond donors (Lipinski definition) is 0. The van der Waals surface area contributed by atoms with Crippen LogP contribution in [0.2, 0.25) is 0 Å². The normalized spacial score (nSPS) is 17.7. The Kier molecular flexibility index (Phi) is 2.72. The smallest absolute Gasteiger partial charge is 0.273 e. The molecule has 1 saturated heterocycles. The van der Waals surface area contributed by atoms with Gasteiger partial charge in [0.2, 0.25) is 5.91 Å². The zero-order valence-corrected chi connectivity index (χ0v) is 8.07. The second-order valence-electron chi connectivity index (χ2n) is 2.05. The van der Waals surface area contributed by atoms with Gasteiger partial charge < -0.3 is 0 Å². The molecular formula is C6H6BrNO2S. The van der Waals surface area contributed by atoms with Crippen LogP contribution >= 0.6 is 27.7 Å². The molecule has 1 fully saturated rings. The maximum absolute atomic E-state index is 10.9. The Hall–Kier alpha value is -0.290. The van der Waals surface area contributed by atoms with Crippen LogP contribution in [-0.4, -0.2) is 28.3 Å². The van der Waals surface area contributed by atoms with E-state index in [-0.39, 0.29) is 23.4 Å². The van der Waals surface area contributed by atoms with E-state index in [1.165, 1.54) is 4.90 Å². The molecule has 0 radical (unpaired) electrons. The molecule has 0 saturated carbocycles. The predicted molar refractivity (Wildman–Crippen MR) is 47.6 cm³/mol. The van der Waals surface area contributed by atoms with E-state index in [1.807, 2.05) is 0 Å². The summed E-state index contributed by atoms with van der Waals surface area (Å²) in [5, 5.41) is -0.185. The molecule has 0 bridgehead atoms. The summed E-state index contributed by atoms with van der Waals surface area (Å²) >= 11 is 4.12. The predicted octanol–water partition coefficient (Wildman–Crippen LogP) is 1.59. The Balaban J connectivity index is 2.62. The minimum atomic E-state index is -0.185. The molecule has 0 spiro atoms. The number of carbonyl (C=O) groups excluding carboxylic acids is 2. The van der Waals surface area contributed by atoms with Crippen LogP contribution in [0.25, 0.3) is 0 Å². The van der Waals surface area contributed by atoms with Gasteiger partial charge in [-0.1, -0.05) is 34.3 Å². The highest BCUT2D eigenvalue weighted by Gasteiger charge is 2.29. The van der Waals surface area contributed by atoms with Crippen molar-refractivity contribution >= 4 is 38.8 Å². The number of hydrogen-bond acceptors (Lipinski definition) is 3. The lowest BCUT2D eigenvalue weighted by atomic mass is 10.5. The summed E-state index contributed by atoms with van der Waals surface area (Å²) in [4.78, 5) is 23.1. The Bertz CT molecular complexity index is 213. The van der Waals surface area contributed by atoms with Gasteiger partial charge in [-0.25, -0.2) is 0 Å². The van der Waals surface area contributed by atoms with E-state index in [0.29, 0.717) is 4.48 Å². The lowest BCUT2D eigenvalue weighted by Crippen LogP contribution is -2.29.